The second kappa shape index (κ2) is 5.32. The van der Waals surface area contributed by atoms with Crippen LogP contribution in [0.15, 0.2) is 24.5 Å². The van der Waals surface area contributed by atoms with E-state index < -0.39 is 17.8 Å². The van der Waals surface area contributed by atoms with Gasteiger partial charge in [-0.2, -0.15) is 18.3 Å². The highest BCUT2D eigenvalue weighted by Crippen LogP contribution is 2.36. The number of carbonyl (C=O) groups excluding carboxylic acids is 1. The predicted molar refractivity (Wildman–Crippen MR) is 72.8 cm³/mol. The molecule has 0 fully saturated rings. The lowest BCUT2D eigenvalue weighted by Crippen LogP contribution is -2.17. The molecule has 0 aliphatic heterocycles. The molecule has 0 atom stereocenters. The van der Waals surface area contributed by atoms with Crippen LogP contribution < -0.4 is 5.73 Å². The van der Waals surface area contributed by atoms with Gasteiger partial charge in [0.05, 0.1) is 24.0 Å². The third-order valence-corrected chi connectivity index (χ3v) is 2.95. The van der Waals surface area contributed by atoms with Crippen molar-refractivity contribution in [3.8, 4) is 11.3 Å². The summed E-state index contributed by atoms with van der Waals surface area (Å²) < 4.78 is 41.8. The number of carbonyl (C=O) groups is 1. The Morgan fingerprint density at radius 2 is 2.09 bits per heavy atom. The SMILES string of the molecule is C=C(C)Cn1cc(-c2cnc(C(N)=O)n2C)c(C(F)(F)F)n1. The van der Waals surface area contributed by atoms with E-state index in [9.17, 15) is 18.0 Å². The zero-order chi connectivity index (χ0) is 16.7. The number of hydrogen-bond acceptors (Lipinski definition) is 3. The number of halogens is 3. The van der Waals surface area contributed by atoms with Crippen molar-refractivity contribution in [3.05, 3.63) is 36.1 Å². The van der Waals surface area contributed by atoms with Crippen molar-refractivity contribution >= 4 is 5.91 Å². The Morgan fingerprint density at radius 1 is 1.45 bits per heavy atom. The van der Waals surface area contributed by atoms with E-state index in [1.807, 2.05) is 0 Å². The molecule has 2 aromatic rings. The molecular weight excluding hydrogens is 299 g/mol. The van der Waals surface area contributed by atoms with Gasteiger partial charge in [-0.25, -0.2) is 4.98 Å². The fourth-order valence-corrected chi connectivity index (χ4v) is 2.06. The van der Waals surface area contributed by atoms with Gasteiger partial charge >= 0.3 is 6.18 Å². The van der Waals surface area contributed by atoms with Crippen LogP contribution in [0.2, 0.25) is 0 Å². The molecule has 22 heavy (non-hydrogen) atoms. The molecule has 0 unspecified atom stereocenters. The number of allylic oxidation sites excluding steroid dienone is 1. The number of alkyl halides is 3. The van der Waals surface area contributed by atoms with E-state index in [0.717, 1.165) is 10.9 Å². The van der Waals surface area contributed by atoms with E-state index in [0.29, 0.717) is 5.57 Å². The third kappa shape index (κ3) is 2.87. The van der Waals surface area contributed by atoms with Gasteiger partial charge in [-0.3, -0.25) is 9.48 Å². The van der Waals surface area contributed by atoms with E-state index in [1.165, 1.54) is 17.8 Å². The minimum Gasteiger partial charge on any atom is -0.363 e. The van der Waals surface area contributed by atoms with Gasteiger partial charge in [0.2, 0.25) is 0 Å². The van der Waals surface area contributed by atoms with Gasteiger partial charge in [0.1, 0.15) is 0 Å². The Morgan fingerprint density at radius 3 is 2.55 bits per heavy atom. The van der Waals surface area contributed by atoms with Crippen molar-refractivity contribution in [1.29, 1.82) is 0 Å². The lowest BCUT2D eigenvalue weighted by atomic mass is 10.2. The van der Waals surface area contributed by atoms with Crippen LogP contribution in [-0.4, -0.2) is 25.2 Å². The highest BCUT2D eigenvalue weighted by Gasteiger charge is 2.38. The summed E-state index contributed by atoms with van der Waals surface area (Å²) in [6.07, 6.45) is -2.22. The molecule has 0 aliphatic carbocycles. The minimum absolute atomic E-state index is 0.106. The van der Waals surface area contributed by atoms with E-state index in [-0.39, 0.29) is 23.6 Å². The predicted octanol–water partition coefficient (Wildman–Crippen LogP) is 1.98. The third-order valence-electron chi connectivity index (χ3n) is 2.95. The van der Waals surface area contributed by atoms with Crippen LogP contribution in [0.3, 0.4) is 0 Å². The first kappa shape index (κ1) is 15.8. The lowest BCUT2D eigenvalue weighted by Gasteiger charge is -2.07. The number of aromatic nitrogens is 4. The summed E-state index contributed by atoms with van der Waals surface area (Å²) in [5, 5.41) is 3.57. The topological polar surface area (TPSA) is 78.7 Å². The van der Waals surface area contributed by atoms with E-state index >= 15 is 0 Å². The molecule has 0 radical (unpaired) electrons. The maximum atomic E-state index is 13.2. The van der Waals surface area contributed by atoms with Gasteiger partial charge < -0.3 is 10.3 Å². The van der Waals surface area contributed by atoms with Crippen LogP contribution in [0.25, 0.3) is 11.3 Å². The number of hydrogen-bond donors (Lipinski definition) is 1. The van der Waals surface area contributed by atoms with Crippen LogP contribution in [0.5, 0.6) is 0 Å². The maximum Gasteiger partial charge on any atom is 0.435 e. The van der Waals surface area contributed by atoms with Crippen LogP contribution >= 0.6 is 0 Å². The van der Waals surface area contributed by atoms with E-state index in [4.69, 9.17) is 5.73 Å². The average Bonchev–Trinajstić information content (AvgIpc) is 2.91. The Bertz CT molecular complexity index is 741. The number of rotatable bonds is 4. The molecule has 2 N–H and O–H groups in total. The number of imidazole rings is 1. The summed E-state index contributed by atoms with van der Waals surface area (Å²) in [6, 6.07) is 0. The molecule has 6 nitrogen and oxygen atoms in total. The monoisotopic (exact) mass is 313 g/mol. The van der Waals surface area contributed by atoms with Gasteiger partial charge in [0.25, 0.3) is 5.91 Å². The second-order valence-electron chi connectivity index (χ2n) is 4.93. The van der Waals surface area contributed by atoms with Crippen LogP contribution in [0, 0.1) is 0 Å². The fraction of sp³-hybridized carbons (Fsp3) is 0.308. The zero-order valence-corrected chi connectivity index (χ0v) is 12.0. The first-order valence-electron chi connectivity index (χ1n) is 6.22. The highest BCUT2D eigenvalue weighted by molar-refractivity contribution is 5.90. The number of primary amides is 1. The molecule has 0 saturated carbocycles. The Balaban J connectivity index is 2.61. The summed E-state index contributed by atoms with van der Waals surface area (Å²) in [7, 11) is 1.42. The molecule has 0 bridgehead atoms. The molecule has 2 rings (SSSR count). The van der Waals surface area contributed by atoms with Gasteiger partial charge in [-0.1, -0.05) is 12.2 Å². The van der Waals surface area contributed by atoms with Gasteiger partial charge in [0.15, 0.2) is 11.5 Å². The first-order valence-corrected chi connectivity index (χ1v) is 6.22. The molecule has 2 aromatic heterocycles. The summed E-state index contributed by atoms with van der Waals surface area (Å²) in [5.74, 6) is -0.951. The number of nitrogens with zero attached hydrogens (tertiary/aromatic N) is 4. The summed E-state index contributed by atoms with van der Waals surface area (Å²) in [4.78, 5) is 14.9. The van der Waals surface area contributed by atoms with Crippen molar-refractivity contribution in [3.63, 3.8) is 0 Å². The highest BCUT2D eigenvalue weighted by atomic mass is 19.4. The van der Waals surface area contributed by atoms with Crippen LogP contribution in [0.1, 0.15) is 23.2 Å². The molecule has 1 amide bonds. The first-order chi connectivity index (χ1) is 10.1. The smallest absolute Gasteiger partial charge is 0.363 e. The summed E-state index contributed by atoms with van der Waals surface area (Å²) >= 11 is 0. The maximum absolute atomic E-state index is 13.2. The average molecular weight is 313 g/mol. The second-order valence-corrected chi connectivity index (χ2v) is 4.93. The number of nitrogens with two attached hydrogens (primary N) is 1. The molecule has 0 aliphatic rings. The van der Waals surface area contributed by atoms with Gasteiger partial charge in [0, 0.05) is 13.2 Å². The van der Waals surface area contributed by atoms with Crippen LogP contribution in [-0.2, 0) is 19.8 Å². The van der Waals surface area contributed by atoms with Gasteiger partial charge in [-0.15, -0.1) is 0 Å². The standard InChI is InChI=1S/C13H14F3N5O/c1-7(2)5-21-6-8(10(19-21)13(14,15)16)9-4-18-12(11(17)22)20(9)3/h4,6H,1,5H2,2-3H3,(H2,17,22). The molecular formula is C13H14F3N5O. The Labute approximate surface area is 124 Å². The molecule has 0 aromatic carbocycles. The van der Waals surface area contributed by atoms with Crippen molar-refractivity contribution in [2.75, 3.05) is 0 Å². The van der Waals surface area contributed by atoms with E-state index in [1.54, 1.807) is 6.92 Å². The largest absolute Gasteiger partial charge is 0.435 e. The lowest BCUT2D eigenvalue weighted by molar-refractivity contribution is -0.141. The molecule has 2 heterocycles. The van der Waals surface area contributed by atoms with E-state index in [2.05, 4.69) is 16.7 Å². The quantitative estimate of drug-likeness (QED) is 0.877. The Kier molecular flexibility index (Phi) is 3.82. The normalized spacial score (nSPS) is 11.7. The molecule has 118 valence electrons. The van der Waals surface area contributed by atoms with Crippen molar-refractivity contribution in [2.45, 2.75) is 19.6 Å². The van der Waals surface area contributed by atoms with Crippen molar-refractivity contribution < 1.29 is 18.0 Å². The number of amides is 1. The zero-order valence-electron chi connectivity index (χ0n) is 12.0. The Hall–Kier alpha value is -2.58. The van der Waals surface area contributed by atoms with Gasteiger partial charge in [-0.05, 0) is 6.92 Å². The van der Waals surface area contributed by atoms with Crippen molar-refractivity contribution in [1.82, 2.24) is 19.3 Å². The minimum atomic E-state index is -4.63. The molecule has 0 spiro atoms. The summed E-state index contributed by atoms with van der Waals surface area (Å²) in [6.45, 7) is 5.49. The molecule has 9 heteroatoms. The summed E-state index contributed by atoms with van der Waals surface area (Å²) in [5.41, 5.74) is 4.67. The van der Waals surface area contributed by atoms with Crippen LogP contribution in [0.4, 0.5) is 13.2 Å². The fourth-order valence-electron chi connectivity index (χ4n) is 2.06. The van der Waals surface area contributed by atoms with Crippen molar-refractivity contribution in [2.24, 2.45) is 12.8 Å². The molecule has 0 saturated heterocycles.